The Kier molecular flexibility index (Phi) is 7.55. The van der Waals surface area contributed by atoms with Gasteiger partial charge in [-0.3, -0.25) is 4.98 Å². The molecule has 11 heteroatoms. The van der Waals surface area contributed by atoms with E-state index in [1.54, 1.807) is 24.4 Å². The first-order valence-corrected chi connectivity index (χ1v) is 12.0. The average molecular weight is 516 g/mol. The molecule has 0 amide bonds. The van der Waals surface area contributed by atoms with Crippen LogP contribution in [-0.2, 0) is 11.2 Å². The summed E-state index contributed by atoms with van der Waals surface area (Å²) in [6.45, 7) is 2.17. The van der Waals surface area contributed by atoms with Crippen molar-refractivity contribution in [3.63, 3.8) is 0 Å². The van der Waals surface area contributed by atoms with Gasteiger partial charge >= 0.3 is 0 Å². The number of benzene rings is 2. The second kappa shape index (κ2) is 11.5. The van der Waals surface area contributed by atoms with Crippen LogP contribution in [0.2, 0.25) is 0 Å². The third-order valence-electron chi connectivity index (χ3n) is 5.77. The van der Waals surface area contributed by atoms with E-state index in [2.05, 4.69) is 30.8 Å². The zero-order chi connectivity index (χ0) is 26.3. The van der Waals surface area contributed by atoms with E-state index in [4.69, 9.17) is 4.74 Å². The average Bonchev–Trinajstić information content (AvgIpc) is 2.91. The number of halogens is 1. The van der Waals surface area contributed by atoms with Crippen molar-refractivity contribution in [2.75, 3.05) is 41.9 Å². The van der Waals surface area contributed by atoms with E-state index in [-0.39, 0.29) is 23.3 Å². The number of hydrazone groups is 1. The highest BCUT2D eigenvalue weighted by molar-refractivity contribution is 5.78. The summed E-state index contributed by atoms with van der Waals surface area (Å²) in [6, 6.07) is 16.1. The summed E-state index contributed by atoms with van der Waals surface area (Å²) >= 11 is 0. The number of phenolic OH excluding ortho intramolecular Hbond substituents is 2. The molecule has 0 atom stereocenters. The fraction of sp³-hybridized carbons (Fsp3) is 0.185. The smallest absolute Gasteiger partial charge is 0.245 e. The van der Waals surface area contributed by atoms with Gasteiger partial charge in [0.05, 0.1) is 43.2 Å². The molecule has 0 aliphatic carbocycles. The minimum Gasteiger partial charge on any atom is -0.508 e. The van der Waals surface area contributed by atoms with Crippen molar-refractivity contribution in [3.05, 3.63) is 89.6 Å². The molecule has 0 unspecified atom stereocenters. The maximum Gasteiger partial charge on any atom is 0.245 e. The van der Waals surface area contributed by atoms with Gasteiger partial charge in [0.25, 0.3) is 0 Å². The van der Waals surface area contributed by atoms with E-state index in [1.807, 2.05) is 35.2 Å². The van der Waals surface area contributed by atoms with Crippen LogP contribution in [0.3, 0.4) is 0 Å². The quantitative estimate of drug-likeness (QED) is 0.203. The van der Waals surface area contributed by atoms with E-state index in [0.29, 0.717) is 38.4 Å². The van der Waals surface area contributed by atoms with Crippen molar-refractivity contribution >= 4 is 29.4 Å². The minimum absolute atomic E-state index is 0.0297. The molecule has 2 aromatic heterocycles. The summed E-state index contributed by atoms with van der Waals surface area (Å²) in [5.74, 6) is -0.0264. The van der Waals surface area contributed by atoms with Crippen LogP contribution < -0.4 is 15.6 Å². The van der Waals surface area contributed by atoms with Crippen LogP contribution in [-0.4, -0.2) is 57.7 Å². The number of aromatic nitrogens is 3. The Balaban J connectivity index is 1.18. The second-order valence-electron chi connectivity index (χ2n) is 8.67. The van der Waals surface area contributed by atoms with Gasteiger partial charge in [-0.25, -0.2) is 14.8 Å². The van der Waals surface area contributed by atoms with E-state index in [9.17, 15) is 14.6 Å². The van der Waals surface area contributed by atoms with Gasteiger partial charge in [0, 0.05) is 24.8 Å². The Morgan fingerprint density at radius 3 is 2.53 bits per heavy atom. The number of hydrogen-bond acceptors (Lipinski definition) is 10. The summed E-state index contributed by atoms with van der Waals surface area (Å²) in [7, 11) is 0. The predicted octanol–water partition coefficient (Wildman–Crippen LogP) is 4.04. The lowest BCUT2D eigenvalue weighted by atomic mass is 10.0. The monoisotopic (exact) mass is 515 g/mol. The summed E-state index contributed by atoms with van der Waals surface area (Å²) in [5.41, 5.74) is 6.82. The molecular weight excluding hydrogens is 489 g/mol. The van der Waals surface area contributed by atoms with Crippen LogP contribution in [0.15, 0.2) is 72.1 Å². The van der Waals surface area contributed by atoms with Gasteiger partial charge in [0.1, 0.15) is 11.5 Å². The zero-order valence-corrected chi connectivity index (χ0v) is 20.4. The van der Waals surface area contributed by atoms with E-state index >= 15 is 0 Å². The molecule has 1 fully saturated rings. The van der Waals surface area contributed by atoms with Crippen LogP contribution in [0.1, 0.15) is 16.8 Å². The Hall–Kier alpha value is -4.77. The van der Waals surface area contributed by atoms with Crippen molar-refractivity contribution in [1.29, 1.82) is 0 Å². The minimum atomic E-state index is -0.490. The summed E-state index contributed by atoms with van der Waals surface area (Å²) in [5, 5.41) is 26.9. The molecule has 1 aliphatic rings. The van der Waals surface area contributed by atoms with Gasteiger partial charge < -0.3 is 25.2 Å². The standard InChI is InChI=1S/C27H26FN7O3/c28-25-17-30-27(33-26(25)35-6-8-38-9-7-35)34-31-16-21-4-5-22(15-29-21)32-20-3-1-2-18(11-20)10-19-12-23(36)14-24(37)13-19/h1-5,11-17,32,36-37H,6-10H2,(H,30,33,34)/b31-16+. The number of hydrogen-bond donors (Lipinski definition) is 4. The van der Waals surface area contributed by atoms with Gasteiger partial charge in [-0.2, -0.15) is 10.1 Å². The molecular formula is C27H26FN7O3. The SMILES string of the molecule is Oc1cc(O)cc(Cc2cccc(Nc3ccc(/C=N/Nc4ncc(F)c(N5CCOCC5)n4)nc3)c2)c1. The van der Waals surface area contributed by atoms with E-state index in [0.717, 1.165) is 28.7 Å². The third-order valence-corrected chi connectivity index (χ3v) is 5.77. The first kappa shape index (κ1) is 24.9. The largest absolute Gasteiger partial charge is 0.508 e. The second-order valence-corrected chi connectivity index (χ2v) is 8.67. The first-order valence-electron chi connectivity index (χ1n) is 12.0. The Labute approximate surface area is 218 Å². The third kappa shape index (κ3) is 6.51. The molecule has 5 rings (SSSR count). The van der Waals surface area contributed by atoms with Crippen LogP contribution in [0.4, 0.5) is 27.5 Å². The molecule has 2 aromatic carbocycles. The number of phenols is 2. The van der Waals surface area contributed by atoms with Crippen molar-refractivity contribution in [3.8, 4) is 11.5 Å². The fourth-order valence-electron chi connectivity index (χ4n) is 4.04. The molecule has 0 saturated carbocycles. The maximum absolute atomic E-state index is 14.2. The molecule has 10 nitrogen and oxygen atoms in total. The number of nitrogens with zero attached hydrogens (tertiary/aromatic N) is 5. The van der Waals surface area contributed by atoms with Crippen LogP contribution in [0, 0.1) is 5.82 Å². The summed E-state index contributed by atoms with van der Waals surface area (Å²) < 4.78 is 19.5. The topological polar surface area (TPSA) is 128 Å². The van der Waals surface area contributed by atoms with E-state index < -0.39 is 5.82 Å². The highest BCUT2D eigenvalue weighted by atomic mass is 19.1. The number of morpholine rings is 1. The molecule has 194 valence electrons. The van der Waals surface area contributed by atoms with Gasteiger partial charge in [0.2, 0.25) is 5.95 Å². The van der Waals surface area contributed by atoms with Crippen LogP contribution >= 0.6 is 0 Å². The van der Waals surface area contributed by atoms with Gasteiger partial charge in [-0.05, 0) is 53.9 Å². The molecule has 0 bridgehead atoms. The van der Waals surface area contributed by atoms with Crippen molar-refractivity contribution in [1.82, 2.24) is 15.0 Å². The van der Waals surface area contributed by atoms with Gasteiger partial charge in [-0.15, -0.1) is 0 Å². The zero-order valence-electron chi connectivity index (χ0n) is 20.4. The number of nitrogens with one attached hydrogen (secondary N) is 2. The summed E-state index contributed by atoms with van der Waals surface area (Å²) in [6.07, 6.45) is 4.89. The fourth-order valence-corrected chi connectivity index (χ4v) is 4.04. The number of rotatable bonds is 8. The summed E-state index contributed by atoms with van der Waals surface area (Å²) in [4.78, 5) is 14.4. The van der Waals surface area contributed by atoms with Crippen molar-refractivity contribution in [2.45, 2.75) is 6.42 Å². The lowest BCUT2D eigenvalue weighted by Gasteiger charge is -2.27. The normalized spacial score (nSPS) is 13.6. The highest BCUT2D eigenvalue weighted by Crippen LogP contribution is 2.24. The molecule has 1 aliphatic heterocycles. The molecule has 0 spiro atoms. The van der Waals surface area contributed by atoms with Gasteiger partial charge in [0.15, 0.2) is 11.6 Å². The molecule has 1 saturated heterocycles. The lowest BCUT2D eigenvalue weighted by molar-refractivity contribution is 0.122. The van der Waals surface area contributed by atoms with Crippen LogP contribution in [0.25, 0.3) is 0 Å². The Morgan fingerprint density at radius 2 is 1.76 bits per heavy atom. The molecule has 0 radical (unpaired) electrons. The highest BCUT2D eigenvalue weighted by Gasteiger charge is 2.17. The first-order chi connectivity index (χ1) is 18.5. The van der Waals surface area contributed by atoms with Crippen molar-refractivity contribution < 1.29 is 19.3 Å². The molecule has 3 heterocycles. The van der Waals surface area contributed by atoms with Crippen molar-refractivity contribution in [2.24, 2.45) is 5.10 Å². The number of pyridine rings is 1. The molecule has 4 aromatic rings. The number of anilines is 4. The number of ether oxygens (including phenoxy) is 1. The lowest BCUT2D eigenvalue weighted by Crippen LogP contribution is -2.37. The maximum atomic E-state index is 14.2. The Morgan fingerprint density at radius 1 is 0.947 bits per heavy atom. The van der Waals surface area contributed by atoms with Gasteiger partial charge in [-0.1, -0.05) is 12.1 Å². The molecule has 38 heavy (non-hydrogen) atoms. The van der Waals surface area contributed by atoms with E-state index in [1.165, 1.54) is 12.3 Å². The van der Waals surface area contributed by atoms with Crippen LogP contribution in [0.5, 0.6) is 11.5 Å². The predicted molar refractivity (Wildman–Crippen MR) is 143 cm³/mol. The Bertz CT molecular complexity index is 1410. The number of aromatic hydroxyl groups is 2. The molecule has 4 N–H and O–H groups in total.